The Labute approximate surface area is 226 Å². The van der Waals surface area contributed by atoms with Crippen molar-refractivity contribution < 1.29 is 14.5 Å². The lowest BCUT2D eigenvalue weighted by Gasteiger charge is -2.28. The number of amides is 2. The number of nitro benzene ring substituents is 1. The average Bonchev–Trinajstić information content (AvgIpc) is 2.97. The number of nitrogens with one attached hydrogen (secondary N) is 2. The zero-order valence-electron chi connectivity index (χ0n) is 21.3. The average molecular weight is 521 g/mol. The lowest BCUT2D eigenvalue weighted by Crippen LogP contribution is -2.32. The minimum Gasteiger partial charge on any atom is -0.322 e. The number of nitrogens with zero attached hydrogens (tertiary/aromatic N) is 2. The van der Waals surface area contributed by atoms with Crippen molar-refractivity contribution in [3.63, 3.8) is 0 Å². The number of para-hydroxylation sites is 1. The molecule has 2 amide bonds. The number of carbonyl (C=O) groups excluding carboxylic acids is 2. The van der Waals surface area contributed by atoms with Gasteiger partial charge < -0.3 is 10.6 Å². The number of hydrogen-bond acceptors (Lipinski definition) is 5. The van der Waals surface area contributed by atoms with Crippen molar-refractivity contribution in [2.75, 3.05) is 23.7 Å². The number of benzene rings is 4. The number of carbonyl (C=O) groups is 2. The maximum Gasteiger partial charge on any atom is 0.269 e. The van der Waals surface area contributed by atoms with Crippen LogP contribution in [-0.4, -0.2) is 34.7 Å². The van der Waals surface area contributed by atoms with Gasteiger partial charge in [-0.3, -0.25) is 24.6 Å². The Balaban J connectivity index is 1.17. The molecule has 0 bridgehead atoms. The van der Waals surface area contributed by atoms with Gasteiger partial charge in [0.15, 0.2) is 0 Å². The van der Waals surface area contributed by atoms with Gasteiger partial charge in [0.05, 0.1) is 16.2 Å². The number of nitro groups is 1. The summed E-state index contributed by atoms with van der Waals surface area (Å²) >= 11 is 0. The zero-order chi connectivity index (χ0) is 27.2. The van der Waals surface area contributed by atoms with Crippen LogP contribution in [0, 0.1) is 10.1 Å². The fraction of sp³-hybridized carbons (Fsp3) is 0.161. The van der Waals surface area contributed by atoms with E-state index < -0.39 is 10.8 Å². The summed E-state index contributed by atoms with van der Waals surface area (Å²) in [6.45, 7) is 3.01. The van der Waals surface area contributed by atoms with Gasteiger partial charge >= 0.3 is 0 Å². The maximum atomic E-state index is 13.0. The van der Waals surface area contributed by atoms with Crippen LogP contribution in [0.4, 0.5) is 17.1 Å². The van der Waals surface area contributed by atoms with E-state index in [1.165, 1.54) is 41.0 Å². The summed E-state index contributed by atoms with van der Waals surface area (Å²) in [7, 11) is 0. The number of anilines is 2. The van der Waals surface area contributed by atoms with Gasteiger partial charge in [-0.05, 0) is 65.9 Å². The van der Waals surface area contributed by atoms with Crippen molar-refractivity contribution >= 4 is 28.9 Å². The van der Waals surface area contributed by atoms with Crippen LogP contribution in [0.1, 0.15) is 37.4 Å². The molecule has 5 rings (SSSR count). The molecule has 0 saturated carbocycles. The highest BCUT2D eigenvalue weighted by Gasteiger charge is 2.17. The number of fused-ring (bicyclic) bond motifs is 1. The molecule has 39 heavy (non-hydrogen) atoms. The lowest BCUT2D eigenvalue weighted by atomic mass is 9.99. The second-order valence-electron chi connectivity index (χ2n) is 9.50. The molecule has 0 spiro atoms. The molecule has 4 aromatic rings. The van der Waals surface area contributed by atoms with Crippen LogP contribution in [-0.2, 0) is 19.4 Å². The van der Waals surface area contributed by atoms with Crippen LogP contribution in [0.25, 0.3) is 0 Å². The smallest absolute Gasteiger partial charge is 0.269 e. The molecule has 196 valence electrons. The van der Waals surface area contributed by atoms with Crippen LogP contribution >= 0.6 is 0 Å². The van der Waals surface area contributed by atoms with Gasteiger partial charge in [-0.1, -0.05) is 48.5 Å². The molecule has 0 radical (unpaired) electrons. The van der Waals surface area contributed by atoms with Gasteiger partial charge in [0.1, 0.15) is 0 Å². The first-order chi connectivity index (χ1) is 19.0. The van der Waals surface area contributed by atoms with E-state index in [0.717, 1.165) is 32.5 Å². The van der Waals surface area contributed by atoms with Gasteiger partial charge in [0, 0.05) is 43.0 Å². The highest BCUT2D eigenvalue weighted by molar-refractivity contribution is 6.12. The quantitative estimate of drug-likeness (QED) is 0.229. The Morgan fingerprint density at radius 1 is 0.795 bits per heavy atom. The Kier molecular flexibility index (Phi) is 7.75. The highest BCUT2D eigenvalue weighted by atomic mass is 16.6. The van der Waals surface area contributed by atoms with Crippen molar-refractivity contribution in [3.05, 3.63) is 135 Å². The van der Waals surface area contributed by atoms with E-state index in [1.54, 1.807) is 24.3 Å². The van der Waals surface area contributed by atoms with Crippen LogP contribution in [0.15, 0.2) is 97.1 Å². The predicted octanol–water partition coefficient (Wildman–Crippen LogP) is 5.70. The minimum atomic E-state index is -0.526. The standard InChI is InChI=1S/C31H28N4O4/c36-30(24-11-15-27(16-12-24)35(38)39)33-29-8-4-3-7-28(29)31(37)32-26-13-9-22(10-14-26)17-19-34-20-18-23-5-1-2-6-25(23)21-34/h1-16H,17-21H2,(H,32,37)(H,33,36). The maximum absolute atomic E-state index is 13.0. The van der Waals surface area contributed by atoms with E-state index >= 15 is 0 Å². The van der Waals surface area contributed by atoms with Crippen LogP contribution in [0.5, 0.6) is 0 Å². The van der Waals surface area contributed by atoms with Gasteiger partial charge in [0.2, 0.25) is 0 Å². The fourth-order valence-corrected chi connectivity index (χ4v) is 4.70. The Hall–Kier alpha value is -4.82. The Morgan fingerprint density at radius 3 is 2.23 bits per heavy atom. The second kappa shape index (κ2) is 11.7. The normalized spacial score (nSPS) is 12.8. The molecule has 1 aliphatic heterocycles. The molecule has 8 nitrogen and oxygen atoms in total. The summed E-state index contributed by atoms with van der Waals surface area (Å²) < 4.78 is 0. The van der Waals surface area contributed by atoms with Gasteiger partial charge in [-0.2, -0.15) is 0 Å². The van der Waals surface area contributed by atoms with Gasteiger partial charge in [-0.15, -0.1) is 0 Å². The summed E-state index contributed by atoms with van der Waals surface area (Å²) in [6, 6.07) is 28.4. The fourth-order valence-electron chi connectivity index (χ4n) is 4.70. The first-order valence-corrected chi connectivity index (χ1v) is 12.8. The molecule has 0 unspecified atom stereocenters. The molecule has 1 aliphatic rings. The number of rotatable bonds is 8. The summed E-state index contributed by atoms with van der Waals surface area (Å²) in [5.41, 5.74) is 5.51. The number of non-ortho nitro benzene ring substituents is 1. The molecular formula is C31H28N4O4. The molecule has 0 aliphatic carbocycles. The summed E-state index contributed by atoms with van der Waals surface area (Å²) in [5.74, 6) is -0.818. The Bertz CT molecular complexity index is 1500. The van der Waals surface area contributed by atoms with E-state index in [4.69, 9.17) is 0 Å². The Morgan fingerprint density at radius 2 is 1.49 bits per heavy atom. The van der Waals surface area contributed by atoms with E-state index in [2.05, 4.69) is 39.8 Å². The SMILES string of the molecule is O=C(Nc1ccccc1C(=O)Nc1ccc(CCN2CCc3ccccc3C2)cc1)c1ccc([N+](=O)[O-])cc1. The van der Waals surface area contributed by atoms with Crippen molar-refractivity contribution in [2.24, 2.45) is 0 Å². The molecular weight excluding hydrogens is 492 g/mol. The van der Waals surface area contributed by atoms with E-state index in [-0.39, 0.29) is 17.2 Å². The minimum absolute atomic E-state index is 0.102. The summed E-state index contributed by atoms with van der Waals surface area (Å²) in [5, 5.41) is 16.5. The lowest BCUT2D eigenvalue weighted by molar-refractivity contribution is -0.384. The summed E-state index contributed by atoms with van der Waals surface area (Å²) in [6.07, 6.45) is 2.00. The van der Waals surface area contributed by atoms with Crippen molar-refractivity contribution in [2.45, 2.75) is 19.4 Å². The first-order valence-electron chi connectivity index (χ1n) is 12.8. The molecule has 1 heterocycles. The van der Waals surface area contributed by atoms with E-state index in [9.17, 15) is 19.7 Å². The molecule has 0 saturated heterocycles. The topological polar surface area (TPSA) is 105 Å². The van der Waals surface area contributed by atoms with Gasteiger partial charge in [0.25, 0.3) is 17.5 Å². The third-order valence-corrected chi connectivity index (χ3v) is 6.90. The third kappa shape index (κ3) is 6.37. The molecule has 0 aromatic heterocycles. The molecule has 0 fully saturated rings. The van der Waals surface area contributed by atoms with Crippen LogP contribution in [0.3, 0.4) is 0 Å². The third-order valence-electron chi connectivity index (χ3n) is 6.90. The zero-order valence-corrected chi connectivity index (χ0v) is 21.3. The molecule has 2 N–H and O–H groups in total. The second-order valence-corrected chi connectivity index (χ2v) is 9.50. The van der Waals surface area contributed by atoms with Crippen molar-refractivity contribution in [1.29, 1.82) is 0 Å². The summed E-state index contributed by atoms with van der Waals surface area (Å²) in [4.78, 5) is 38.5. The first kappa shape index (κ1) is 25.8. The highest BCUT2D eigenvalue weighted by Crippen LogP contribution is 2.21. The molecule has 4 aromatic carbocycles. The van der Waals surface area contributed by atoms with E-state index in [1.807, 2.05) is 24.3 Å². The largest absolute Gasteiger partial charge is 0.322 e. The van der Waals surface area contributed by atoms with Gasteiger partial charge in [-0.25, -0.2) is 0 Å². The molecule has 8 heteroatoms. The van der Waals surface area contributed by atoms with Crippen molar-refractivity contribution in [1.82, 2.24) is 4.90 Å². The van der Waals surface area contributed by atoms with Crippen molar-refractivity contribution in [3.8, 4) is 0 Å². The number of hydrogen-bond donors (Lipinski definition) is 2. The van der Waals surface area contributed by atoms with Crippen LogP contribution in [0.2, 0.25) is 0 Å². The predicted molar refractivity (Wildman–Crippen MR) is 151 cm³/mol. The van der Waals surface area contributed by atoms with E-state index in [0.29, 0.717) is 16.9 Å². The molecule has 0 atom stereocenters. The van der Waals surface area contributed by atoms with Crippen LogP contribution < -0.4 is 10.6 Å². The monoisotopic (exact) mass is 520 g/mol.